The van der Waals surface area contributed by atoms with E-state index in [-0.39, 0.29) is 11.9 Å². The Morgan fingerprint density at radius 1 is 1.41 bits per heavy atom. The molecule has 1 atom stereocenters. The molecule has 0 fully saturated rings. The number of rotatable bonds is 3. The molecule has 0 radical (unpaired) electrons. The van der Waals surface area contributed by atoms with Crippen molar-refractivity contribution in [2.45, 2.75) is 19.4 Å². The fourth-order valence-corrected chi connectivity index (χ4v) is 1.70. The Labute approximate surface area is 99.8 Å². The zero-order chi connectivity index (χ0) is 12.3. The maximum absolute atomic E-state index is 11.6. The van der Waals surface area contributed by atoms with Crippen molar-refractivity contribution < 1.29 is 4.79 Å². The summed E-state index contributed by atoms with van der Waals surface area (Å²) < 4.78 is 0. The van der Waals surface area contributed by atoms with E-state index in [1.54, 1.807) is 13.1 Å². The monoisotopic (exact) mass is 229 g/mol. The van der Waals surface area contributed by atoms with E-state index in [1.165, 1.54) is 0 Å². The number of nitrogens with zero attached hydrogens (tertiary/aromatic N) is 1. The molecule has 0 saturated heterocycles. The van der Waals surface area contributed by atoms with E-state index >= 15 is 0 Å². The van der Waals surface area contributed by atoms with Crippen LogP contribution in [0.25, 0.3) is 10.9 Å². The highest BCUT2D eigenvalue weighted by Gasteiger charge is 2.08. The molecule has 2 aromatic rings. The number of carbonyl (C=O) groups is 1. The first-order valence-corrected chi connectivity index (χ1v) is 5.56. The molecule has 0 spiro atoms. The van der Waals surface area contributed by atoms with Gasteiger partial charge in [0, 0.05) is 24.0 Å². The summed E-state index contributed by atoms with van der Waals surface area (Å²) in [6, 6.07) is 9.39. The van der Waals surface area contributed by atoms with E-state index < -0.39 is 0 Å². The van der Waals surface area contributed by atoms with Crippen LogP contribution in [0.1, 0.15) is 13.3 Å². The number of hydrogen-bond acceptors (Lipinski definition) is 3. The number of para-hydroxylation sites is 1. The van der Waals surface area contributed by atoms with Crippen LogP contribution in [0.2, 0.25) is 0 Å². The molecule has 2 rings (SSSR count). The molecular weight excluding hydrogens is 214 g/mol. The van der Waals surface area contributed by atoms with E-state index in [1.807, 2.05) is 30.3 Å². The molecule has 1 amide bonds. The zero-order valence-corrected chi connectivity index (χ0v) is 9.68. The van der Waals surface area contributed by atoms with Crippen molar-refractivity contribution in [1.29, 1.82) is 0 Å². The zero-order valence-electron chi connectivity index (χ0n) is 9.68. The largest absolute Gasteiger partial charge is 0.327 e. The fourth-order valence-electron chi connectivity index (χ4n) is 1.70. The van der Waals surface area contributed by atoms with Crippen molar-refractivity contribution in [3.8, 4) is 0 Å². The lowest BCUT2D eigenvalue weighted by Gasteiger charge is -2.09. The van der Waals surface area contributed by atoms with Gasteiger partial charge in [-0.25, -0.2) is 0 Å². The van der Waals surface area contributed by atoms with Gasteiger partial charge in [0.05, 0.1) is 11.2 Å². The van der Waals surface area contributed by atoms with Crippen LogP contribution in [-0.2, 0) is 4.79 Å². The van der Waals surface area contributed by atoms with Gasteiger partial charge in [-0.15, -0.1) is 0 Å². The van der Waals surface area contributed by atoms with E-state index in [2.05, 4.69) is 10.3 Å². The Bertz CT molecular complexity index is 532. The highest BCUT2D eigenvalue weighted by Crippen LogP contribution is 2.20. The normalized spacial score (nSPS) is 12.4. The summed E-state index contributed by atoms with van der Waals surface area (Å²) in [4.78, 5) is 15.9. The van der Waals surface area contributed by atoms with Crippen molar-refractivity contribution in [2.75, 3.05) is 5.32 Å². The number of pyridine rings is 1. The Kier molecular flexibility index (Phi) is 3.35. The van der Waals surface area contributed by atoms with Gasteiger partial charge >= 0.3 is 0 Å². The van der Waals surface area contributed by atoms with Crippen molar-refractivity contribution in [1.82, 2.24) is 4.98 Å². The van der Waals surface area contributed by atoms with Crippen LogP contribution in [0.4, 0.5) is 5.69 Å². The van der Waals surface area contributed by atoms with Crippen molar-refractivity contribution in [3.63, 3.8) is 0 Å². The van der Waals surface area contributed by atoms with Crippen LogP contribution < -0.4 is 11.1 Å². The lowest BCUT2D eigenvalue weighted by molar-refractivity contribution is -0.116. The smallest absolute Gasteiger partial charge is 0.225 e. The van der Waals surface area contributed by atoms with Gasteiger partial charge < -0.3 is 11.1 Å². The lowest BCUT2D eigenvalue weighted by Crippen LogP contribution is -2.24. The molecule has 4 nitrogen and oxygen atoms in total. The van der Waals surface area contributed by atoms with Crippen molar-refractivity contribution >= 4 is 22.5 Å². The van der Waals surface area contributed by atoms with Crippen LogP contribution in [0.15, 0.2) is 36.5 Å². The molecule has 88 valence electrons. The average Bonchev–Trinajstić information content (AvgIpc) is 2.28. The van der Waals surface area contributed by atoms with Gasteiger partial charge in [-0.3, -0.25) is 9.78 Å². The molecule has 0 bridgehead atoms. The van der Waals surface area contributed by atoms with Gasteiger partial charge in [-0.1, -0.05) is 18.2 Å². The van der Waals surface area contributed by atoms with Crippen LogP contribution >= 0.6 is 0 Å². The number of aromatic nitrogens is 1. The lowest BCUT2D eigenvalue weighted by atomic mass is 10.2. The Morgan fingerprint density at radius 2 is 2.18 bits per heavy atom. The van der Waals surface area contributed by atoms with Gasteiger partial charge in [-0.05, 0) is 19.1 Å². The standard InChI is InChI=1S/C13H15N3O/c1-9(14)8-12(17)16-11-6-2-4-10-5-3-7-15-13(10)11/h2-7,9H,8,14H2,1H3,(H,16,17). The van der Waals surface area contributed by atoms with E-state index in [4.69, 9.17) is 5.73 Å². The maximum atomic E-state index is 11.6. The maximum Gasteiger partial charge on any atom is 0.225 e. The third-order valence-electron chi connectivity index (χ3n) is 2.41. The summed E-state index contributed by atoms with van der Waals surface area (Å²) in [5, 5.41) is 3.84. The summed E-state index contributed by atoms with van der Waals surface area (Å²) in [7, 11) is 0. The first-order chi connectivity index (χ1) is 8.16. The van der Waals surface area contributed by atoms with Crippen molar-refractivity contribution in [3.05, 3.63) is 36.5 Å². The quantitative estimate of drug-likeness (QED) is 0.844. The molecular formula is C13H15N3O. The summed E-state index contributed by atoms with van der Waals surface area (Å²) >= 11 is 0. The molecule has 1 aromatic carbocycles. The minimum absolute atomic E-state index is 0.0850. The second-order valence-corrected chi connectivity index (χ2v) is 4.11. The molecule has 3 N–H and O–H groups in total. The number of nitrogens with two attached hydrogens (primary N) is 1. The minimum Gasteiger partial charge on any atom is -0.327 e. The van der Waals surface area contributed by atoms with Crippen LogP contribution in [0.3, 0.4) is 0 Å². The third-order valence-corrected chi connectivity index (χ3v) is 2.41. The third kappa shape index (κ3) is 2.79. The minimum atomic E-state index is -0.141. The molecule has 0 aliphatic heterocycles. The SMILES string of the molecule is CC(N)CC(=O)Nc1cccc2cccnc12. The van der Waals surface area contributed by atoms with E-state index in [0.717, 1.165) is 16.6 Å². The number of amides is 1. The number of carbonyl (C=O) groups excluding carboxylic acids is 1. The number of anilines is 1. The van der Waals surface area contributed by atoms with Gasteiger partial charge in [0.15, 0.2) is 0 Å². The Hall–Kier alpha value is -1.94. The second-order valence-electron chi connectivity index (χ2n) is 4.11. The Morgan fingerprint density at radius 3 is 2.94 bits per heavy atom. The molecule has 0 aliphatic rings. The van der Waals surface area contributed by atoms with E-state index in [0.29, 0.717) is 6.42 Å². The van der Waals surface area contributed by atoms with Gasteiger partial charge in [0.1, 0.15) is 0 Å². The number of hydrogen-bond donors (Lipinski definition) is 2. The van der Waals surface area contributed by atoms with E-state index in [9.17, 15) is 4.79 Å². The first-order valence-electron chi connectivity index (χ1n) is 5.56. The second kappa shape index (κ2) is 4.93. The molecule has 0 saturated carbocycles. The Balaban J connectivity index is 2.27. The highest BCUT2D eigenvalue weighted by molar-refractivity contribution is 6.00. The number of benzene rings is 1. The van der Waals surface area contributed by atoms with Crippen LogP contribution in [0, 0.1) is 0 Å². The van der Waals surface area contributed by atoms with Gasteiger partial charge in [0.25, 0.3) is 0 Å². The fraction of sp³-hybridized carbons (Fsp3) is 0.231. The van der Waals surface area contributed by atoms with Crippen molar-refractivity contribution in [2.24, 2.45) is 5.73 Å². The summed E-state index contributed by atoms with van der Waals surface area (Å²) in [6.45, 7) is 1.81. The molecule has 1 unspecified atom stereocenters. The molecule has 0 aliphatic carbocycles. The van der Waals surface area contributed by atoms with Gasteiger partial charge in [-0.2, -0.15) is 0 Å². The van der Waals surface area contributed by atoms with Crippen LogP contribution in [-0.4, -0.2) is 16.9 Å². The summed E-state index contributed by atoms with van der Waals surface area (Å²) in [5.41, 5.74) is 7.11. The summed E-state index contributed by atoms with van der Waals surface area (Å²) in [5.74, 6) is -0.0850. The first kappa shape index (κ1) is 11.5. The highest BCUT2D eigenvalue weighted by atomic mass is 16.1. The molecule has 1 heterocycles. The van der Waals surface area contributed by atoms with Gasteiger partial charge in [0.2, 0.25) is 5.91 Å². The average molecular weight is 229 g/mol. The number of fused-ring (bicyclic) bond motifs is 1. The topological polar surface area (TPSA) is 68.0 Å². The predicted octanol–water partition coefficient (Wildman–Crippen LogP) is 1.91. The van der Waals surface area contributed by atoms with Crippen LogP contribution in [0.5, 0.6) is 0 Å². The number of nitrogens with one attached hydrogen (secondary N) is 1. The molecule has 4 heteroatoms. The molecule has 1 aromatic heterocycles. The summed E-state index contributed by atoms with van der Waals surface area (Å²) in [6.07, 6.45) is 2.02. The predicted molar refractivity (Wildman–Crippen MR) is 68.6 cm³/mol. The molecule has 17 heavy (non-hydrogen) atoms.